The van der Waals surface area contributed by atoms with Crippen molar-refractivity contribution in [1.82, 2.24) is 19.5 Å². The monoisotopic (exact) mass is 603 g/mol. The van der Waals surface area contributed by atoms with Crippen LogP contribution in [0.4, 0.5) is 16.2 Å². The molecule has 0 saturated heterocycles. The lowest BCUT2D eigenvalue weighted by molar-refractivity contribution is -0.384. The lowest BCUT2D eigenvalue weighted by Gasteiger charge is -2.15. The van der Waals surface area contributed by atoms with Crippen LogP contribution in [0.2, 0.25) is 0 Å². The van der Waals surface area contributed by atoms with E-state index >= 15 is 0 Å². The summed E-state index contributed by atoms with van der Waals surface area (Å²) in [5.74, 6) is -0.532. The van der Waals surface area contributed by atoms with E-state index in [9.17, 15) is 29.3 Å². The molecule has 6 aromatic rings. The maximum absolute atomic E-state index is 13.2. The molecular formula is C32H25N7O6. The van der Waals surface area contributed by atoms with Gasteiger partial charge in [0.05, 0.1) is 16.0 Å². The number of anilines is 1. The third-order valence-corrected chi connectivity index (χ3v) is 7.29. The number of non-ortho nitro benzene ring substituents is 1. The van der Waals surface area contributed by atoms with Gasteiger partial charge in [-0.05, 0) is 65.9 Å². The van der Waals surface area contributed by atoms with E-state index in [-0.39, 0.29) is 12.2 Å². The summed E-state index contributed by atoms with van der Waals surface area (Å²) in [6, 6.07) is 22.9. The first-order valence-corrected chi connectivity index (χ1v) is 13.7. The second-order valence-corrected chi connectivity index (χ2v) is 10.3. The Bertz CT molecular complexity index is 2250. The van der Waals surface area contributed by atoms with Crippen LogP contribution < -0.4 is 27.2 Å². The maximum atomic E-state index is 13.2. The van der Waals surface area contributed by atoms with Crippen molar-refractivity contribution in [2.24, 2.45) is 0 Å². The average molecular weight is 604 g/mol. The molecule has 0 unspecified atom stereocenters. The van der Waals surface area contributed by atoms with Crippen molar-refractivity contribution < 1.29 is 14.5 Å². The fourth-order valence-corrected chi connectivity index (χ4v) is 5.00. The minimum atomic E-state index is -0.927. The van der Waals surface area contributed by atoms with Crippen LogP contribution in [0.15, 0.2) is 107 Å². The van der Waals surface area contributed by atoms with E-state index in [4.69, 9.17) is 0 Å². The molecule has 0 saturated carbocycles. The Kier molecular flexibility index (Phi) is 7.40. The van der Waals surface area contributed by atoms with E-state index in [1.807, 2.05) is 47.3 Å². The first-order chi connectivity index (χ1) is 21.7. The molecule has 0 aliphatic carbocycles. The Morgan fingerprint density at radius 1 is 0.956 bits per heavy atom. The molecule has 4 N–H and O–H groups in total. The number of nitro groups is 1. The van der Waals surface area contributed by atoms with Crippen LogP contribution >= 0.6 is 0 Å². The molecule has 2 heterocycles. The van der Waals surface area contributed by atoms with Crippen LogP contribution in [0.25, 0.3) is 27.5 Å². The van der Waals surface area contributed by atoms with Crippen molar-refractivity contribution >= 4 is 45.1 Å². The number of amides is 3. The van der Waals surface area contributed by atoms with Gasteiger partial charge in [0.2, 0.25) is 0 Å². The molecule has 6 rings (SSSR count). The minimum absolute atomic E-state index is 0.0763. The van der Waals surface area contributed by atoms with Crippen molar-refractivity contribution in [3.63, 3.8) is 0 Å². The summed E-state index contributed by atoms with van der Waals surface area (Å²) in [5.41, 5.74) is 4.46. The summed E-state index contributed by atoms with van der Waals surface area (Å²) in [7, 11) is 0. The van der Waals surface area contributed by atoms with Crippen molar-refractivity contribution in [2.75, 3.05) is 10.7 Å². The van der Waals surface area contributed by atoms with Gasteiger partial charge < -0.3 is 20.2 Å². The van der Waals surface area contributed by atoms with Gasteiger partial charge in [-0.1, -0.05) is 30.3 Å². The summed E-state index contributed by atoms with van der Waals surface area (Å²) >= 11 is 0. The highest BCUT2D eigenvalue weighted by Crippen LogP contribution is 2.26. The summed E-state index contributed by atoms with van der Waals surface area (Å²) in [6.45, 7) is 1.98. The number of aryl methyl sites for hydroxylation is 1. The van der Waals surface area contributed by atoms with Gasteiger partial charge >= 0.3 is 17.1 Å². The van der Waals surface area contributed by atoms with Crippen LogP contribution in [-0.4, -0.2) is 31.1 Å². The number of nitrogens with one attached hydrogen (secondary N) is 4. The number of urea groups is 1. The molecule has 224 valence electrons. The molecule has 13 nitrogen and oxygen atoms in total. The third kappa shape index (κ3) is 5.77. The van der Waals surface area contributed by atoms with Crippen molar-refractivity contribution in [3.8, 4) is 5.69 Å². The molecule has 13 heteroatoms. The van der Waals surface area contributed by atoms with Crippen molar-refractivity contribution in [3.05, 3.63) is 145 Å². The molecule has 0 spiro atoms. The molecule has 4 aromatic carbocycles. The number of hydrogen-bond acceptors (Lipinski definition) is 6. The predicted molar refractivity (Wildman–Crippen MR) is 169 cm³/mol. The number of nitrogens with zero attached hydrogens (tertiary/aromatic N) is 3. The second-order valence-electron chi connectivity index (χ2n) is 10.3. The topological polar surface area (TPSA) is 173 Å². The van der Waals surface area contributed by atoms with E-state index < -0.39 is 28.0 Å². The Balaban J connectivity index is 1.27. The SMILES string of the molecule is Cc1ccccc1C(=O)Nn1c(=O)c(=O)[nH]c2ccc3ccc(-n4ccc(CNC(=O)Nc5ccc([N+](=O)[O-])cc5)c4)cc3c21. The first kappa shape index (κ1) is 28.6. The summed E-state index contributed by atoms with van der Waals surface area (Å²) < 4.78 is 2.83. The van der Waals surface area contributed by atoms with Gasteiger partial charge in [0, 0.05) is 53.4 Å². The van der Waals surface area contributed by atoms with Gasteiger partial charge in [0.15, 0.2) is 0 Å². The Hall–Kier alpha value is -6.50. The second kappa shape index (κ2) is 11.6. The highest BCUT2D eigenvalue weighted by molar-refractivity contribution is 6.07. The Labute approximate surface area is 253 Å². The number of carbonyl (C=O) groups excluding carboxylic acids is 2. The molecule has 2 aromatic heterocycles. The molecule has 0 fully saturated rings. The number of aromatic nitrogens is 3. The van der Waals surface area contributed by atoms with Crippen LogP contribution in [0.5, 0.6) is 0 Å². The predicted octanol–water partition coefficient (Wildman–Crippen LogP) is 4.56. The van der Waals surface area contributed by atoms with E-state index in [0.29, 0.717) is 33.2 Å². The van der Waals surface area contributed by atoms with E-state index in [0.717, 1.165) is 21.3 Å². The van der Waals surface area contributed by atoms with Crippen LogP contribution in [0.3, 0.4) is 0 Å². The normalized spacial score (nSPS) is 11.0. The third-order valence-electron chi connectivity index (χ3n) is 7.29. The van der Waals surface area contributed by atoms with Crippen molar-refractivity contribution in [2.45, 2.75) is 13.5 Å². The quantitative estimate of drug-likeness (QED) is 0.0901. The minimum Gasteiger partial charge on any atom is -0.334 e. The van der Waals surface area contributed by atoms with Gasteiger partial charge in [-0.25, -0.2) is 9.47 Å². The lowest BCUT2D eigenvalue weighted by atomic mass is 10.1. The zero-order valence-corrected chi connectivity index (χ0v) is 23.7. The van der Waals surface area contributed by atoms with E-state index in [1.165, 1.54) is 24.3 Å². The zero-order valence-electron chi connectivity index (χ0n) is 23.7. The molecule has 0 atom stereocenters. The molecule has 0 radical (unpaired) electrons. The van der Waals surface area contributed by atoms with Gasteiger partial charge in [-0.2, -0.15) is 0 Å². The first-order valence-electron chi connectivity index (χ1n) is 13.7. The highest BCUT2D eigenvalue weighted by atomic mass is 16.6. The number of benzene rings is 4. The largest absolute Gasteiger partial charge is 0.335 e. The smallest absolute Gasteiger partial charge is 0.334 e. The van der Waals surface area contributed by atoms with Crippen LogP contribution in [-0.2, 0) is 6.54 Å². The molecule has 3 amide bonds. The summed E-state index contributed by atoms with van der Waals surface area (Å²) in [5, 5.41) is 17.6. The fraction of sp³-hybridized carbons (Fsp3) is 0.0625. The van der Waals surface area contributed by atoms with Gasteiger partial charge in [-0.15, -0.1) is 0 Å². The summed E-state index contributed by atoms with van der Waals surface area (Å²) in [4.78, 5) is 64.0. The van der Waals surface area contributed by atoms with Crippen LogP contribution in [0, 0.1) is 17.0 Å². The molecule has 0 aliphatic heterocycles. The van der Waals surface area contributed by atoms with Gasteiger partial charge in [-0.3, -0.25) is 29.9 Å². The number of aromatic amines is 1. The van der Waals surface area contributed by atoms with E-state index in [2.05, 4.69) is 21.0 Å². The van der Waals surface area contributed by atoms with Crippen LogP contribution in [0.1, 0.15) is 21.5 Å². The number of hydrogen-bond donors (Lipinski definition) is 4. The fourth-order valence-electron chi connectivity index (χ4n) is 5.00. The highest BCUT2D eigenvalue weighted by Gasteiger charge is 2.16. The number of nitro benzene ring substituents is 1. The van der Waals surface area contributed by atoms with Gasteiger partial charge in [0.25, 0.3) is 11.6 Å². The molecular weight excluding hydrogens is 578 g/mol. The maximum Gasteiger partial charge on any atom is 0.335 e. The molecule has 45 heavy (non-hydrogen) atoms. The number of H-pyrrole nitrogens is 1. The van der Waals surface area contributed by atoms with Gasteiger partial charge in [0.1, 0.15) is 0 Å². The molecule has 0 bridgehead atoms. The standard InChI is InChI=1S/C32H25N7O6/c1-19-4-2-3-5-25(19)29(40)36-38-28-26-16-24(10-6-21(26)7-13-27(28)35-30(41)31(38)42)37-15-14-20(18-37)17-33-32(43)34-22-8-11-23(12-9-22)39(44)45/h2-16,18H,17H2,1H3,(H,35,41)(H,36,40)(H2,33,34,43). The summed E-state index contributed by atoms with van der Waals surface area (Å²) in [6.07, 6.45) is 3.64. The zero-order chi connectivity index (χ0) is 31.7. The lowest BCUT2D eigenvalue weighted by Crippen LogP contribution is -2.42. The average Bonchev–Trinajstić information content (AvgIpc) is 3.51. The molecule has 0 aliphatic rings. The number of rotatable bonds is 7. The number of fused-ring (bicyclic) bond motifs is 3. The number of carbonyl (C=O) groups is 2. The Morgan fingerprint density at radius 2 is 1.71 bits per heavy atom. The van der Waals surface area contributed by atoms with Crippen molar-refractivity contribution in [1.29, 1.82) is 0 Å². The van der Waals surface area contributed by atoms with E-state index in [1.54, 1.807) is 37.3 Å². The Morgan fingerprint density at radius 3 is 2.47 bits per heavy atom.